The van der Waals surface area contributed by atoms with Crippen LogP contribution in [0.5, 0.6) is 0 Å². The van der Waals surface area contributed by atoms with E-state index in [-0.39, 0.29) is 17.3 Å². The van der Waals surface area contributed by atoms with E-state index in [1.54, 1.807) is 42.5 Å². The van der Waals surface area contributed by atoms with Crippen molar-refractivity contribution in [3.63, 3.8) is 0 Å². The second-order valence-corrected chi connectivity index (χ2v) is 14.1. The molecule has 1 atom stereocenters. The molecule has 0 saturated carbocycles. The van der Waals surface area contributed by atoms with Crippen LogP contribution in [0.3, 0.4) is 0 Å². The van der Waals surface area contributed by atoms with E-state index in [1.807, 2.05) is 60.7 Å². The number of thiophene rings is 1. The van der Waals surface area contributed by atoms with Gasteiger partial charge in [-0.1, -0.05) is 84.4 Å². The second-order valence-electron chi connectivity index (χ2n) is 10.4. The molecule has 0 N–H and O–H groups in total. The molecule has 4 aromatic carbocycles. The molecule has 11 heteroatoms. The van der Waals surface area contributed by atoms with Crippen LogP contribution in [-0.4, -0.2) is 54.7 Å². The van der Waals surface area contributed by atoms with Crippen molar-refractivity contribution in [1.82, 2.24) is 9.21 Å². The summed E-state index contributed by atoms with van der Waals surface area (Å²) in [6, 6.07) is 32.2. The van der Waals surface area contributed by atoms with Crippen molar-refractivity contribution < 1.29 is 18.0 Å². The molecule has 45 heavy (non-hydrogen) atoms. The van der Waals surface area contributed by atoms with Crippen LogP contribution >= 0.6 is 22.9 Å². The van der Waals surface area contributed by atoms with Crippen LogP contribution in [0.15, 0.2) is 112 Å². The summed E-state index contributed by atoms with van der Waals surface area (Å²) in [4.78, 5) is 31.9. The SMILES string of the molecule is N#Cc1ccc(CN2C(=O)CN(S(=O)(=O)c3cc4ccc(Cl)cc4s3)C[C@@H]2C=O)cc1N=C(c1ccccc1)c1ccccc1. The van der Waals surface area contributed by atoms with Gasteiger partial charge in [0, 0.05) is 33.9 Å². The lowest BCUT2D eigenvalue weighted by molar-refractivity contribution is -0.141. The lowest BCUT2D eigenvalue weighted by atomic mass is 10.0. The Bertz CT molecular complexity index is 2050. The summed E-state index contributed by atoms with van der Waals surface area (Å²) in [5.74, 6) is -0.505. The van der Waals surface area contributed by atoms with Gasteiger partial charge in [0.1, 0.15) is 22.6 Å². The molecule has 1 fully saturated rings. The number of piperazine rings is 1. The highest BCUT2D eigenvalue weighted by Crippen LogP contribution is 2.34. The van der Waals surface area contributed by atoms with Crippen molar-refractivity contribution in [3.05, 3.63) is 130 Å². The second kappa shape index (κ2) is 12.8. The Labute approximate surface area is 269 Å². The summed E-state index contributed by atoms with van der Waals surface area (Å²) >= 11 is 7.14. The molecule has 0 aliphatic carbocycles. The number of nitrogens with zero attached hydrogens (tertiary/aromatic N) is 4. The Kier molecular flexibility index (Phi) is 8.61. The summed E-state index contributed by atoms with van der Waals surface area (Å²) in [5, 5.41) is 11.1. The normalized spacial score (nSPS) is 15.5. The van der Waals surface area contributed by atoms with E-state index in [4.69, 9.17) is 16.6 Å². The van der Waals surface area contributed by atoms with Crippen molar-refractivity contribution in [2.24, 2.45) is 4.99 Å². The molecule has 6 rings (SSSR count). The van der Waals surface area contributed by atoms with Crippen molar-refractivity contribution in [2.75, 3.05) is 13.1 Å². The fourth-order valence-electron chi connectivity index (χ4n) is 5.21. The predicted molar refractivity (Wildman–Crippen MR) is 175 cm³/mol. The zero-order valence-corrected chi connectivity index (χ0v) is 26.1. The van der Waals surface area contributed by atoms with Crippen LogP contribution in [0, 0.1) is 11.3 Å². The number of hydrogen-bond acceptors (Lipinski definition) is 7. The lowest BCUT2D eigenvalue weighted by Gasteiger charge is -2.37. The molecule has 0 bridgehead atoms. The maximum atomic E-state index is 13.5. The first kappa shape index (κ1) is 30.4. The molecule has 1 aromatic heterocycles. The molecular formula is C34H25ClN4O4S2. The van der Waals surface area contributed by atoms with Crippen molar-refractivity contribution in [1.29, 1.82) is 5.26 Å². The highest BCUT2D eigenvalue weighted by atomic mass is 35.5. The summed E-state index contributed by atoms with van der Waals surface area (Å²) in [6.45, 7) is -0.549. The largest absolute Gasteiger partial charge is 0.326 e. The quantitative estimate of drug-likeness (QED) is 0.147. The molecule has 8 nitrogen and oxygen atoms in total. The van der Waals surface area contributed by atoms with E-state index in [2.05, 4.69) is 6.07 Å². The van der Waals surface area contributed by atoms with Crippen molar-refractivity contribution in [3.8, 4) is 6.07 Å². The van der Waals surface area contributed by atoms with E-state index in [9.17, 15) is 23.3 Å². The summed E-state index contributed by atoms with van der Waals surface area (Å²) in [6.07, 6.45) is 0.593. The maximum Gasteiger partial charge on any atom is 0.253 e. The van der Waals surface area contributed by atoms with Gasteiger partial charge in [-0.3, -0.25) is 4.79 Å². The number of carbonyl (C=O) groups is 2. The Morgan fingerprint density at radius 3 is 2.31 bits per heavy atom. The van der Waals surface area contributed by atoms with Crippen LogP contribution in [0.4, 0.5) is 5.69 Å². The number of carbonyl (C=O) groups excluding carboxylic acids is 2. The fourth-order valence-corrected chi connectivity index (χ4v) is 8.44. The zero-order valence-electron chi connectivity index (χ0n) is 23.7. The molecule has 1 saturated heterocycles. The van der Waals surface area contributed by atoms with Gasteiger partial charge in [-0.25, -0.2) is 13.4 Å². The summed E-state index contributed by atoms with van der Waals surface area (Å²) < 4.78 is 28.9. The first-order valence-electron chi connectivity index (χ1n) is 13.9. The van der Waals surface area contributed by atoms with Crippen LogP contribution in [0.1, 0.15) is 22.3 Å². The summed E-state index contributed by atoms with van der Waals surface area (Å²) in [5.41, 5.74) is 3.82. The first-order valence-corrected chi connectivity index (χ1v) is 16.6. The minimum absolute atomic E-state index is 0.0394. The number of fused-ring (bicyclic) bond motifs is 1. The summed E-state index contributed by atoms with van der Waals surface area (Å²) in [7, 11) is -4.04. The molecule has 1 aliphatic rings. The number of nitriles is 1. The monoisotopic (exact) mass is 652 g/mol. The van der Waals surface area contributed by atoms with Crippen LogP contribution in [0.25, 0.3) is 10.1 Å². The van der Waals surface area contributed by atoms with E-state index in [1.165, 1.54) is 4.90 Å². The number of hydrogen-bond donors (Lipinski definition) is 0. The highest BCUT2D eigenvalue weighted by Gasteiger charge is 2.39. The lowest BCUT2D eigenvalue weighted by Crippen LogP contribution is -2.57. The van der Waals surface area contributed by atoms with Gasteiger partial charge in [-0.15, -0.1) is 11.3 Å². The number of aliphatic imine (C=N–C) groups is 1. The molecule has 5 aromatic rings. The van der Waals surface area contributed by atoms with Gasteiger partial charge >= 0.3 is 0 Å². The Hall–Kier alpha value is -4.66. The molecule has 0 radical (unpaired) electrons. The van der Waals surface area contributed by atoms with Gasteiger partial charge in [0.25, 0.3) is 10.0 Å². The van der Waals surface area contributed by atoms with Gasteiger partial charge in [0.2, 0.25) is 5.91 Å². The van der Waals surface area contributed by atoms with Gasteiger partial charge in [0.15, 0.2) is 0 Å². The van der Waals surface area contributed by atoms with E-state index in [0.29, 0.717) is 38.5 Å². The Morgan fingerprint density at radius 2 is 1.67 bits per heavy atom. The number of rotatable bonds is 8. The third-order valence-electron chi connectivity index (χ3n) is 7.50. The number of benzene rings is 4. The topological polar surface area (TPSA) is 111 Å². The first-order chi connectivity index (χ1) is 21.8. The zero-order chi connectivity index (χ0) is 31.6. The van der Waals surface area contributed by atoms with Gasteiger partial charge in [0.05, 0.1) is 23.5 Å². The number of halogens is 1. The smallest absolute Gasteiger partial charge is 0.253 e. The molecule has 1 amide bonds. The molecular weight excluding hydrogens is 628 g/mol. The van der Waals surface area contributed by atoms with Crippen LogP contribution in [-0.2, 0) is 26.2 Å². The maximum absolute atomic E-state index is 13.5. The molecule has 0 unspecified atom stereocenters. The number of aldehydes is 1. The number of sulfonamides is 1. The third kappa shape index (κ3) is 6.30. The van der Waals surface area contributed by atoms with Crippen LogP contribution in [0.2, 0.25) is 5.02 Å². The molecule has 1 aliphatic heterocycles. The van der Waals surface area contributed by atoms with E-state index in [0.717, 1.165) is 32.2 Å². The van der Waals surface area contributed by atoms with E-state index < -0.39 is 28.5 Å². The fraction of sp³-hybridized carbons (Fsp3) is 0.118. The van der Waals surface area contributed by atoms with Crippen molar-refractivity contribution >= 4 is 66.6 Å². The minimum atomic E-state index is -4.04. The Balaban J connectivity index is 1.29. The molecule has 0 spiro atoms. The standard InChI is InChI=1S/C34H25ClN4O4S2/c35-28-14-13-26-16-33(44-31(26)17-28)45(42,43)38-20-29(22-40)39(32(41)21-38)19-23-11-12-27(18-36)30(15-23)37-34(24-7-3-1-4-8-24)25-9-5-2-6-10-25/h1-17,22,29H,19-21H2/t29-/m1/s1. The highest BCUT2D eigenvalue weighted by molar-refractivity contribution is 7.91. The molecule has 224 valence electrons. The van der Waals surface area contributed by atoms with Crippen LogP contribution < -0.4 is 0 Å². The van der Waals surface area contributed by atoms with Gasteiger partial charge in [-0.05, 0) is 41.3 Å². The average molecular weight is 653 g/mol. The van der Waals surface area contributed by atoms with Crippen molar-refractivity contribution in [2.45, 2.75) is 16.8 Å². The number of amides is 1. The third-order valence-corrected chi connectivity index (χ3v) is 11.1. The van der Waals surface area contributed by atoms with Gasteiger partial charge in [-0.2, -0.15) is 9.57 Å². The minimum Gasteiger partial charge on any atom is -0.326 e. The molecule has 2 heterocycles. The van der Waals surface area contributed by atoms with Gasteiger partial charge < -0.3 is 9.69 Å². The van der Waals surface area contributed by atoms with E-state index >= 15 is 0 Å². The predicted octanol–water partition coefficient (Wildman–Crippen LogP) is 6.20. The Morgan fingerprint density at radius 1 is 0.978 bits per heavy atom. The average Bonchev–Trinajstić information content (AvgIpc) is 3.49.